The van der Waals surface area contributed by atoms with Gasteiger partial charge in [0, 0.05) is 12.7 Å². The lowest BCUT2D eigenvalue weighted by Crippen LogP contribution is -2.45. The first kappa shape index (κ1) is 20.2. The highest BCUT2D eigenvalue weighted by Crippen LogP contribution is 2.17. The Morgan fingerprint density at radius 2 is 1.79 bits per heavy atom. The van der Waals surface area contributed by atoms with E-state index in [1.54, 1.807) is 0 Å². The molecule has 0 heterocycles. The lowest BCUT2D eigenvalue weighted by Gasteiger charge is -2.21. The van der Waals surface area contributed by atoms with Gasteiger partial charge < -0.3 is 10.4 Å². The fraction of sp³-hybridized carbons (Fsp3) is 0.500. The molecule has 0 spiro atoms. The van der Waals surface area contributed by atoms with E-state index in [-0.39, 0.29) is 16.9 Å². The molecule has 0 aliphatic rings. The summed E-state index contributed by atoms with van der Waals surface area (Å²) >= 11 is 1.09. The Labute approximate surface area is 147 Å². The molecule has 132 valence electrons. The van der Waals surface area contributed by atoms with E-state index < -0.39 is 17.9 Å². The summed E-state index contributed by atoms with van der Waals surface area (Å²) in [6, 6.07) is 8.61. The van der Waals surface area contributed by atoms with Crippen LogP contribution in [0.3, 0.4) is 0 Å². The van der Waals surface area contributed by atoms with Crippen molar-refractivity contribution in [3.05, 3.63) is 35.9 Å². The predicted molar refractivity (Wildman–Crippen MR) is 95.8 cm³/mol. The summed E-state index contributed by atoms with van der Waals surface area (Å²) < 4.78 is 0. The third kappa shape index (κ3) is 7.64. The van der Waals surface area contributed by atoms with Crippen LogP contribution in [0, 0.1) is 11.8 Å². The predicted octanol–water partition coefficient (Wildman–Crippen LogP) is 2.74. The highest BCUT2D eigenvalue weighted by atomic mass is 32.2. The Kier molecular flexibility index (Phi) is 8.54. The maximum absolute atomic E-state index is 12.6. The molecule has 1 aromatic rings. The number of hydrogen-bond acceptors (Lipinski definition) is 4. The molecule has 1 amide bonds. The number of hydrogen-bond donors (Lipinski definition) is 2. The van der Waals surface area contributed by atoms with Gasteiger partial charge in [-0.05, 0) is 24.3 Å². The van der Waals surface area contributed by atoms with E-state index in [9.17, 15) is 19.5 Å². The van der Waals surface area contributed by atoms with Crippen LogP contribution in [0.5, 0.6) is 0 Å². The molecule has 24 heavy (non-hydrogen) atoms. The summed E-state index contributed by atoms with van der Waals surface area (Å²) in [6.07, 6.45) is 0.847. The van der Waals surface area contributed by atoms with E-state index in [2.05, 4.69) is 5.32 Å². The Morgan fingerprint density at radius 3 is 2.29 bits per heavy atom. The third-order valence-electron chi connectivity index (χ3n) is 3.51. The summed E-state index contributed by atoms with van der Waals surface area (Å²) in [4.78, 5) is 35.1. The number of rotatable bonds is 9. The van der Waals surface area contributed by atoms with Crippen LogP contribution in [0.25, 0.3) is 0 Å². The molecule has 6 heteroatoms. The molecular formula is C18H25NO4S. The van der Waals surface area contributed by atoms with Gasteiger partial charge in [-0.3, -0.25) is 9.59 Å². The van der Waals surface area contributed by atoms with Crippen LogP contribution in [-0.4, -0.2) is 33.9 Å². The normalized spacial score (nSPS) is 13.3. The Balaban J connectivity index is 2.81. The molecule has 0 radical (unpaired) electrons. The maximum Gasteiger partial charge on any atom is 0.326 e. The first-order valence-electron chi connectivity index (χ1n) is 8.00. The van der Waals surface area contributed by atoms with E-state index in [4.69, 9.17) is 0 Å². The number of aliphatic carboxylic acids is 1. The van der Waals surface area contributed by atoms with Crippen molar-refractivity contribution in [2.45, 2.75) is 39.7 Å². The summed E-state index contributed by atoms with van der Waals surface area (Å²) in [6.45, 7) is 5.28. The minimum atomic E-state index is -1.03. The van der Waals surface area contributed by atoms with E-state index in [1.807, 2.05) is 44.2 Å². The van der Waals surface area contributed by atoms with E-state index in [0.29, 0.717) is 18.6 Å². The maximum atomic E-state index is 12.6. The quantitative estimate of drug-likeness (QED) is 0.715. The second-order valence-corrected chi connectivity index (χ2v) is 7.42. The second-order valence-electron chi connectivity index (χ2n) is 6.22. The van der Waals surface area contributed by atoms with E-state index in [0.717, 1.165) is 17.3 Å². The van der Waals surface area contributed by atoms with Crippen LogP contribution >= 0.6 is 11.8 Å². The zero-order valence-corrected chi connectivity index (χ0v) is 15.1. The SMILES string of the molecule is CC(=O)SC[C@@H](Cc1ccccc1)C(=O)N[C@@H](CC(C)C)C(=O)O. The standard InChI is InChI=1S/C18H25NO4S/c1-12(2)9-16(18(22)23)19-17(21)15(11-24-13(3)20)10-14-7-5-4-6-8-14/h4-8,12,15-16H,9-11H2,1-3H3,(H,19,21)(H,22,23)/t15-,16+/m1/s1. The van der Waals surface area contributed by atoms with Crippen molar-refractivity contribution in [2.24, 2.45) is 11.8 Å². The lowest BCUT2D eigenvalue weighted by molar-refractivity contribution is -0.142. The highest BCUT2D eigenvalue weighted by Gasteiger charge is 2.26. The third-order valence-corrected chi connectivity index (χ3v) is 4.48. The van der Waals surface area contributed by atoms with Gasteiger partial charge >= 0.3 is 5.97 Å². The number of carboxylic acid groups (broad SMARTS) is 1. The van der Waals surface area contributed by atoms with Gasteiger partial charge in [-0.15, -0.1) is 0 Å². The molecule has 0 aliphatic carbocycles. The molecule has 0 bridgehead atoms. The number of amides is 1. The molecule has 0 saturated heterocycles. The first-order valence-corrected chi connectivity index (χ1v) is 8.98. The molecule has 2 atom stereocenters. The fourth-order valence-corrected chi connectivity index (χ4v) is 3.03. The smallest absolute Gasteiger partial charge is 0.326 e. The van der Waals surface area contributed by atoms with Crippen molar-refractivity contribution < 1.29 is 19.5 Å². The zero-order chi connectivity index (χ0) is 18.1. The Hall–Kier alpha value is -1.82. The highest BCUT2D eigenvalue weighted by molar-refractivity contribution is 8.13. The van der Waals surface area contributed by atoms with Gasteiger partial charge in [0.15, 0.2) is 5.12 Å². The number of benzene rings is 1. The molecule has 0 aromatic heterocycles. The monoisotopic (exact) mass is 351 g/mol. The van der Waals surface area contributed by atoms with Crippen molar-refractivity contribution in [1.82, 2.24) is 5.32 Å². The van der Waals surface area contributed by atoms with Crippen molar-refractivity contribution in [1.29, 1.82) is 0 Å². The summed E-state index contributed by atoms with van der Waals surface area (Å²) in [5.41, 5.74) is 0.984. The molecule has 1 rings (SSSR count). The van der Waals surface area contributed by atoms with Gasteiger partial charge in [-0.2, -0.15) is 0 Å². The molecule has 2 N–H and O–H groups in total. The molecule has 0 saturated carbocycles. The minimum absolute atomic E-state index is 0.0576. The number of thioether (sulfide) groups is 1. The lowest BCUT2D eigenvalue weighted by atomic mass is 9.98. The number of carbonyl (C=O) groups is 3. The molecular weight excluding hydrogens is 326 g/mol. The van der Waals surface area contributed by atoms with Crippen LogP contribution in [0.15, 0.2) is 30.3 Å². The Bertz CT molecular complexity index is 559. The van der Waals surface area contributed by atoms with Crippen LogP contribution in [-0.2, 0) is 20.8 Å². The average molecular weight is 351 g/mol. The first-order chi connectivity index (χ1) is 11.3. The molecule has 1 aromatic carbocycles. The van der Waals surface area contributed by atoms with Crippen molar-refractivity contribution >= 4 is 28.8 Å². The second kappa shape index (κ2) is 10.1. The van der Waals surface area contributed by atoms with Gasteiger partial charge in [0.2, 0.25) is 5.91 Å². The number of nitrogens with one attached hydrogen (secondary N) is 1. The van der Waals surface area contributed by atoms with Gasteiger partial charge in [0.05, 0.1) is 5.92 Å². The largest absolute Gasteiger partial charge is 0.480 e. The fourth-order valence-electron chi connectivity index (χ4n) is 2.33. The number of carbonyl (C=O) groups excluding carboxylic acids is 2. The molecule has 5 nitrogen and oxygen atoms in total. The molecule has 0 aliphatic heterocycles. The van der Waals surface area contributed by atoms with Crippen LogP contribution in [0.4, 0.5) is 0 Å². The molecule has 0 unspecified atom stereocenters. The number of carboxylic acids is 1. The van der Waals surface area contributed by atoms with E-state index >= 15 is 0 Å². The average Bonchev–Trinajstić information content (AvgIpc) is 2.50. The van der Waals surface area contributed by atoms with Crippen molar-refractivity contribution in [3.63, 3.8) is 0 Å². The summed E-state index contributed by atoms with van der Waals surface area (Å²) in [7, 11) is 0. The minimum Gasteiger partial charge on any atom is -0.480 e. The topological polar surface area (TPSA) is 83.5 Å². The Morgan fingerprint density at radius 1 is 1.17 bits per heavy atom. The van der Waals surface area contributed by atoms with Crippen LogP contribution in [0.1, 0.15) is 32.8 Å². The molecule has 0 fully saturated rings. The van der Waals surface area contributed by atoms with Crippen molar-refractivity contribution in [3.8, 4) is 0 Å². The van der Waals surface area contributed by atoms with Gasteiger partial charge in [0.1, 0.15) is 6.04 Å². The van der Waals surface area contributed by atoms with Gasteiger partial charge in [-0.25, -0.2) is 4.79 Å². The summed E-state index contributed by atoms with van der Waals surface area (Å²) in [5, 5.41) is 11.9. The van der Waals surface area contributed by atoms with E-state index in [1.165, 1.54) is 6.92 Å². The van der Waals surface area contributed by atoms with Crippen molar-refractivity contribution in [2.75, 3.05) is 5.75 Å². The zero-order valence-electron chi connectivity index (χ0n) is 14.3. The van der Waals surface area contributed by atoms with Crippen LogP contribution in [0.2, 0.25) is 0 Å². The van der Waals surface area contributed by atoms with Gasteiger partial charge in [0.25, 0.3) is 0 Å². The van der Waals surface area contributed by atoms with Crippen LogP contribution < -0.4 is 5.32 Å². The summed E-state index contributed by atoms with van der Waals surface area (Å²) in [5.74, 6) is -1.30. The van der Waals surface area contributed by atoms with Gasteiger partial charge in [-0.1, -0.05) is 55.9 Å².